The van der Waals surface area contributed by atoms with Crippen LogP contribution in [0.25, 0.3) is 0 Å². The predicted molar refractivity (Wildman–Crippen MR) is 78.7 cm³/mol. The SMILES string of the molecule is C=CC(=O)OC(C)[N+](C)(C)C(CC)[Si](OC)(OC)OC.[O-][Cl+][O-]. The molecule has 0 aromatic carbocycles. The molecule has 8 nitrogen and oxygen atoms in total. The van der Waals surface area contributed by atoms with Gasteiger partial charge in [0, 0.05) is 40.7 Å². The molecule has 0 aromatic heterocycles. The number of ether oxygens (including phenoxy) is 1. The van der Waals surface area contributed by atoms with Crippen LogP contribution in [-0.2, 0) is 22.8 Å². The minimum absolute atomic E-state index is 0.0601. The molecule has 2 atom stereocenters. The summed E-state index contributed by atoms with van der Waals surface area (Å²) in [7, 11) is 5.84. The summed E-state index contributed by atoms with van der Waals surface area (Å²) in [5.74, 6) is -0.446. The first-order valence-corrected chi connectivity index (χ1v) is 9.30. The summed E-state index contributed by atoms with van der Waals surface area (Å²) in [6, 6.07) is 0. The van der Waals surface area contributed by atoms with Gasteiger partial charge in [0.2, 0.25) is 6.23 Å². The van der Waals surface area contributed by atoms with Crippen LogP contribution in [0.3, 0.4) is 0 Å². The van der Waals surface area contributed by atoms with Gasteiger partial charge in [-0.25, -0.2) is 4.79 Å². The number of nitrogens with zero attached hydrogens (tertiary/aromatic N) is 1. The van der Waals surface area contributed by atoms with Crippen LogP contribution in [0, 0.1) is 11.3 Å². The van der Waals surface area contributed by atoms with Crippen molar-refractivity contribution < 1.29 is 47.9 Å². The summed E-state index contributed by atoms with van der Waals surface area (Å²) < 4.78 is 38.9. The summed E-state index contributed by atoms with van der Waals surface area (Å²) in [4.78, 5) is 11.4. The lowest BCUT2D eigenvalue weighted by Gasteiger charge is -2.45. The Kier molecular flexibility index (Phi) is 12.8. The summed E-state index contributed by atoms with van der Waals surface area (Å²) >= 11 is -0.417. The predicted octanol–water partition coefficient (Wildman–Crippen LogP) is -1.04. The van der Waals surface area contributed by atoms with Crippen molar-refractivity contribution in [3.8, 4) is 0 Å². The zero-order valence-electron chi connectivity index (χ0n) is 14.8. The monoisotopic (exact) mass is 373 g/mol. The van der Waals surface area contributed by atoms with Crippen molar-refractivity contribution in [1.29, 1.82) is 0 Å². The second kappa shape index (κ2) is 11.9. The van der Waals surface area contributed by atoms with Crippen molar-refractivity contribution in [2.75, 3.05) is 35.4 Å². The molecular formula is C13H28ClNO7Si. The number of carbonyl (C=O) groups excluding carboxylic acids is 1. The number of halogens is 1. The molecule has 0 radical (unpaired) electrons. The first-order valence-electron chi connectivity index (χ1n) is 6.88. The largest absolute Gasteiger partial charge is 0.561 e. The molecule has 0 aliphatic heterocycles. The van der Waals surface area contributed by atoms with Gasteiger partial charge in [0.25, 0.3) is 0 Å². The minimum atomic E-state index is -2.85. The minimum Gasteiger partial charge on any atom is -0.544 e. The van der Waals surface area contributed by atoms with Gasteiger partial charge >= 0.3 is 14.8 Å². The van der Waals surface area contributed by atoms with Gasteiger partial charge in [-0.3, -0.25) is 4.48 Å². The van der Waals surface area contributed by atoms with Gasteiger partial charge < -0.3 is 27.3 Å². The fourth-order valence-corrected chi connectivity index (χ4v) is 5.23. The molecule has 0 rings (SSSR count). The average molecular weight is 374 g/mol. The lowest BCUT2D eigenvalue weighted by Crippen LogP contribution is -2.69. The number of carbonyl (C=O) groups is 1. The van der Waals surface area contributed by atoms with Crippen LogP contribution in [0.5, 0.6) is 0 Å². The summed E-state index contributed by atoms with van der Waals surface area (Å²) in [5.41, 5.74) is -0.0601. The number of rotatable bonds is 9. The van der Waals surface area contributed by atoms with E-state index in [-0.39, 0.29) is 11.9 Å². The molecule has 23 heavy (non-hydrogen) atoms. The van der Waals surface area contributed by atoms with Crippen LogP contribution in [0.2, 0.25) is 0 Å². The smallest absolute Gasteiger partial charge is 0.544 e. The highest BCUT2D eigenvalue weighted by Gasteiger charge is 2.57. The van der Waals surface area contributed by atoms with Gasteiger partial charge in [0.1, 0.15) is 0 Å². The molecule has 0 N–H and O–H groups in total. The molecule has 0 saturated carbocycles. The van der Waals surface area contributed by atoms with Gasteiger partial charge in [-0.15, -0.1) is 0 Å². The van der Waals surface area contributed by atoms with E-state index in [1.165, 1.54) is 0 Å². The second-order valence-electron chi connectivity index (χ2n) is 5.07. The lowest BCUT2D eigenvalue weighted by atomic mass is 10.3. The molecule has 0 aliphatic rings. The summed E-state index contributed by atoms with van der Waals surface area (Å²) in [6.45, 7) is 7.28. The Morgan fingerprint density at radius 1 is 1.26 bits per heavy atom. The molecule has 2 unspecified atom stereocenters. The Bertz CT molecular complexity index is 345. The van der Waals surface area contributed by atoms with E-state index in [1.54, 1.807) is 21.3 Å². The van der Waals surface area contributed by atoms with E-state index in [0.29, 0.717) is 4.48 Å². The highest BCUT2D eigenvalue weighted by atomic mass is 35.6. The van der Waals surface area contributed by atoms with Crippen molar-refractivity contribution in [3.63, 3.8) is 0 Å². The molecule has 138 valence electrons. The van der Waals surface area contributed by atoms with Gasteiger partial charge in [-0.1, -0.05) is 13.5 Å². The fourth-order valence-electron chi connectivity index (χ4n) is 2.39. The van der Waals surface area contributed by atoms with Crippen LogP contribution >= 0.6 is 0 Å². The molecule has 10 heteroatoms. The first kappa shape index (κ1) is 24.7. The van der Waals surface area contributed by atoms with Gasteiger partial charge in [0.15, 0.2) is 5.67 Å². The van der Waals surface area contributed by atoms with E-state index < -0.39 is 26.1 Å². The third kappa shape index (κ3) is 6.85. The van der Waals surface area contributed by atoms with Crippen molar-refractivity contribution in [1.82, 2.24) is 0 Å². The molecule has 0 amide bonds. The summed E-state index contributed by atoms with van der Waals surface area (Å²) in [6.07, 6.45) is 1.55. The molecule has 0 saturated heterocycles. The van der Waals surface area contributed by atoms with Gasteiger partial charge in [-0.2, -0.15) is 0 Å². The highest BCUT2D eigenvalue weighted by Crippen LogP contribution is 2.27. The highest BCUT2D eigenvalue weighted by molar-refractivity contribution is 6.62. The Morgan fingerprint density at radius 3 is 1.91 bits per heavy atom. The van der Waals surface area contributed by atoms with E-state index in [2.05, 4.69) is 6.58 Å². The maximum Gasteiger partial charge on any atom is 0.561 e. The van der Waals surface area contributed by atoms with E-state index in [4.69, 9.17) is 27.3 Å². The zero-order valence-corrected chi connectivity index (χ0v) is 16.6. The molecule has 0 heterocycles. The van der Waals surface area contributed by atoms with E-state index in [1.807, 2.05) is 27.9 Å². The molecule has 0 spiro atoms. The molecule has 0 aromatic rings. The summed E-state index contributed by atoms with van der Waals surface area (Å²) in [5, 5.41) is 0. The van der Waals surface area contributed by atoms with Gasteiger partial charge in [0.05, 0.1) is 25.4 Å². The Balaban J connectivity index is 0. The number of esters is 1. The molecule has 0 aliphatic carbocycles. The van der Waals surface area contributed by atoms with Crippen LogP contribution in [0.15, 0.2) is 12.7 Å². The van der Waals surface area contributed by atoms with Crippen molar-refractivity contribution in [3.05, 3.63) is 12.7 Å². The lowest BCUT2D eigenvalue weighted by molar-refractivity contribution is -1.41. The number of hydrogen-bond acceptors (Lipinski definition) is 7. The molecular weight excluding hydrogens is 346 g/mol. The first-order chi connectivity index (χ1) is 10.7. The Labute approximate surface area is 143 Å². The fraction of sp³-hybridized carbons (Fsp3) is 0.769. The second-order valence-corrected chi connectivity index (χ2v) is 8.30. The standard InChI is InChI=1S/C13H28NO5Si.ClO2/c1-9-12(20(16-6,17-7)18-8)14(4,5)11(3)19-13(15)10-2;2-1-3/h10-12H,2,9H2,1,3-8H3;/q+1;-1. The van der Waals surface area contributed by atoms with Crippen LogP contribution in [0.4, 0.5) is 0 Å². The number of hydrogen-bond donors (Lipinski definition) is 0. The number of quaternary nitrogens is 1. The van der Waals surface area contributed by atoms with Crippen molar-refractivity contribution in [2.45, 2.75) is 32.2 Å². The zero-order chi connectivity index (χ0) is 18.7. The third-order valence-electron chi connectivity index (χ3n) is 3.84. The molecule has 0 fully saturated rings. The quantitative estimate of drug-likeness (QED) is 0.167. The maximum absolute atomic E-state index is 11.4. The van der Waals surface area contributed by atoms with Crippen molar-refractivity contribution in [2.24, 2.45) is 0 Å². The van der Waals surface area contributed by atoms with Gasteiger partial charge in [-0.05, 0) is 0 Å². The van der Waals surface area contributed by atoms with Crippen molar-refractivity contribution >= 4 is 14.8 Å². The average Bonchev–Trinajstić information content (AvgIpc) is 2.52. The van der Waals surface area contributed by atoms with E-state index >= 15 is 0 Å². The maximum atomic E-state index is 11.4. The Hall–Kier alpha value is -0.523. The third-order valence-corrected chi connectivity index (χ3v) is 7.44. The van der Waals surface area contributed by atoms with Crippen LogP contribution < -0.4 is 9.32 Å². The van der Waals surface area contributed by atoms with Crippen LogP contribution in [0.1, 0.15) is 20.3 Å². The van der Waals surface area contributed by atoms with E-state index in [0.717, 1.165) is 12.5 Å². The van der Waals surface area contributed by atoms with E-state index in [9.17, 15) is 4.79 Å². The topological polar surface area (TPSA) is 100 Å². The Morgan fingerprint density at radius 2 is 1.65 bits per heavy atom. The normalized spacial score (nSPS) is 14.3. The molecule has 0 bridgehead atoms. The van der Waals surface area contributed by atoms with Crippen LogP contribution in [-0.4, -0.2) is 66.6 Å².